The van der Waals surface area contributed by atoms with Crippen LogP contribution in [0.4, 0.5) is 10.5 Å². The molecule has 1 aromatic heterocycles. The van der Waals surface area contributed by atoms with Crippen LogP contribution in [0.2, 0.25) is 0 Å². The molecule has 2 aliphatic rings. The lowest BCUT2D eigenvalue weighted by Gasteiger charge is -2.38. The molecule has 234 valence electrons. The molecule has 44 heavy (non-hydrogen) atoms. The van der Waals surface area contributed by atoms with Crippen molar-refractivity contribution in [3.05, 3.63) is 69.0 Å². The van der Waals surface area contributed by atoms with Crippen LogP contribution in [-0.2, 0) is 17.8 Å². The van der Waals surface area contributed by atoms with E-state index in [9.17, 15) is 19.2 Å². The summed E-state index contributed by atoms with van der Waals surface area (Å²) >= 11 is 0. The van der Waals surface area contributed by atoms with Gasteiger partial charge in [0.15, 0.2) is 11.5 Å². The minimum absolute atomic E-state index is 0.0204. The quantitative estimate of drug-likeness (QED) is 0.418. The van der Waals surface area contributed by atoms with Gasteiger partial charge in [-0.1, -0.05) is 12.1 Å². The number of para-hydroxylation sites is 1. The molecule has 2 aliphatic heterocycles. The zero-order valence-corrected chi connectivity index (χ0v) is 25.8. The fraction of sp³-hybridized carbons (Fsp3) is 0.438. The first-order valence-corrected chi connectivity index (χ1v) is 14.8. The first-order chi connectivity index (χ1) is 21.2. The Morgan fingerprint density at radius 3 is 2.36 bits per heavy atom. The van der Waals surface area contributed by atoms with Crippen LogP contribution in [0.15, 0.2) is 52.2 Å². The second-order valence-corrected chi connectivity index (χ2v) is 11.3. The van der Waals surface area contributed by atoms with Gasteiger partial charge in [-0.15, -0.1) is 0 Å². The van der Waals surface area contributed by atoms with Crippen molar-refractivity contribution < 1.29 is 23.8 Å². The van der Waals surface area contributed by atoms with E-state index in [0.29, 0.717) is 56.0 Å². The molecule has 3 heterocycles. The second-order valence-electron chi connectivity index (χ2n) is 11.3. The van der Waals surface area contributed by atoms with Gasteiger partial charge in [0.1, 0.15) is 12.3 Å². The number of ether oxygens (including phenoxy) is 3. The molecule has 12 heteroatoms. The highest BCUT2D eigenvalue weighted by Gasteiger charge is 2.32. The standard InChI is InChI=1S/C32H39N5O7/c1-20(2)37-30(39)25(24-7-6-8-27(43-4)29(24)44-5)18-35(32(37)41)19-28(38)34-14-12-22(13-15-34)36-16-11-21-17-23(42-3)9-10-26(21)33-31(36)40/h6-10,17-18,20,22H,11-16,19H2,1-5H3,(H,33,40). The van der Waals surface area contributed by atoms with Gasteiger partial charge in [-0.3, -0.25) is 18.7 Å². The maximum absolute atomic E-state index is 13.5. The average Bonchev–Trinajstić information content (AvgIpc) is 3.19. The molecule has 0 spiro atoms. The van der Waals surface area contributed by atoms with E-state index in [1.165, 1.54) is 25.0 Å². The van der Waals surface area contributed by atoms with Gasteiger partial charge in [0.25, 0.3) is 5.56 Å². The van der Waals surface area contributed by atoms with Crippen LogP contribution in [0.5, 0.6) is 17.2 Å². The topological polar surface area (TPSA) is 124 Å². The van der Waals surface area contributed by atoms with Crippen LogP contribution in [0.1, 0.15) is 38.3 Å². The van der Waals surface area contributed by atoms with Crippen LogP contribution in [0.3, 0.4) is 0 Å². The van der Waals surface area contributed by atoms with Crippen LogP contribution in [-0.4, -0.2) is 77.9 Å². The second kappa shape index (κ2) is 12.9. The first-order valence-electron chi connectivity index (χ1n) is 14.8. The molecule has 0 atom stereocenters. The Morgan fingerprint density at radius 1 is 0.955 bits per heavy atom. The Kier molecular flexibility index (Phi) is 8.98. The lowest BCUT2D eigenvalue weighted by atomic mass is 10.0. The summed E-state index contributed by atoms with van der Waals surface area (Å²) in [5.74, 6) is 1.32. The van der Waals surface area contributed by atoms with E-state index in [1.54, 1.807) is 44.1 Å². The van der Waals surface area contributed by atoms with E-state index in [1.807, 2.05) is 23.1 Å². The summed E-state index contributed by atoms with van der Waals surface area (Å²) in [6.45, 7) is 4.73. The van der Waals surface area contributed by atoms with E-state index in [0.717, 1.165) is 21.6 Å². The number of carbonyl (C=O) groups is 2. The maximum atomic E-state index is 13.5. The largest absolute Gasteiger partial charge is 0.497 e. The van der Waals surface area contributed by atoms with Crippen molar-refractivity contribution in [3.63, 3.8) is 0 Å². The highest BCUT2D eigenvalue weighted by molar-refractivity contribution is 5.91. The highest BCUT2D eigenvalue weighted by Crippen LogP contribution is 2.36. The summed E-state index contributed by atoms with van der Waals surface area (Å²) in [4.78, 5) is 57.1. The lowest BCUT2D eigenvalue weighted by Crippen LogP contribution is -2.51. The van der Waals surface area contributed by atoms with E-state index in [4.69, 9.17) is 14.2 Å². The third-order valence-electron chi connectivity index (χ3n) is 8.40. The van der Waals surface area contributed by atoms with Crippen molar-refractivity contribution in [2.75, 3.05) is 46.3 Å². The van der Waals surface area contributed by atoms with Crippen molar-refractivity contribution in [2.24, 2.45) is 0 Å². The predicted molar refractivity (Wildman–Crippen MR) is 166 cm³/mol. The molecule has 1 N–H and O–H groups in total. The Labute approximate surface area is 255 Å². The fourth-order valence-electron chi connectivity index (χ4n) is 6.05. The number of nitrogens with zero attached hydrogens (tertiary/aromatic N) is 4. The summed E-state index contributed by atoms with van der Waals surface area (Å²) in [5.41, 5.74) is 1.46. The normalized spacial score (nSPS) is 15.5. The maximum Gasteiger partial charge on any atom is 0.331 e. The molecule has 0 saturated carbocycles. The zero-order valence-electron chi connectivity index (χ0n) is 25.8. The number of aromatic nitrogens is 2. The monoisotopic (exact) mass is 605 g/mol. The highest BCUT2D eigenvalue weighted by atomic mass is 16.5. The van der Waals surface area contributed by atoms with Gasteiger partial charge in [0.05, 0.1) is 26.9 Å². The summed E-state index contributed by atoms with van der Waals surface area (Å²) < 4.78 is 18.7. The molecule has 12 nitrogen and oxygen atoms in total. The number of nitrogens with one attached hydrogen (secondary N) is 1. The summed E-state index contributed by atoms with van der Waals surface area (Å²) in [5, 5.41) is 3.02. The first kappa shape index (κ1) is 30.7. The Balaban J connectivity index is 1.32. The number of amides is 3. The third-order valence-corrected chi connectivity index (χ3v) is 8.40. The van der Waals surface area contributed by atoms with Gasteiger partial charge < -0.3 is 29.3 Å². The number of hydrogen-bond donors (Lipinski definition) is 1. The number of carbonyl (C=O) groups excluding carboxylic acids is 2. The smallest absolute Gasteiger partial charge is 0.331 e. The van der Waals surface area contributed by atoms with E-state index < -0.39 is 17.3 Å². The Morgan fingerprint density at radius 2 is 1.70 bits per heavy atom. The minimum Gasteiger partial charge on any atom is -0.497 e. The molecule has 0 radical (unpaired) electrons. The van der Waals surface area contributed by atoms with Gasteiger partial charge in [0.2, 0.25) is 5.91 Å². The number of hydrogen-bond acceptors (Lipinski definition) is 7. The predicted octanol–water partition coefficient (Wildman–Crippen LogP) is 3.36. The molecule has 3 aromatic rings. The molecule has 2 aromatic carbocycles. The number of piperidine rings is 1. The molecule has 0 unspecified atom stereocenters. The lowest BCUT2D eigenvalue weighted by molar-refractivity contribution is -0.133. The summed E-state index contributed by atoms with van der Waals surface area (Å²) in [7, 11) is 4.61. The van der Waals surface area contributed by atoms with Crippen LogP contribution in [0.25, 0.3) is 11.1 Å². The van der Waals surface area contributed by atoms with Gasteiger partial charge in [-0.25, -0.2) is 9.59 Å². The van der Waals surface area contributed by atoms with Crippen LogP contribution >= 0.6 is 0 Å². The van der Waals surface area contributed by atoms with Crippen molar-refractivity contribution in [3.8, 4) is 28.4 Å². The van der Waals surface area contributed by atoms with Gasteiger partial charge in [-0.05, 0) is 62.9 Å². The fourth-order valence-corrected chi connectivity index (χ4v) is 6.05. The number of fused-ring (bicyclic) bond motifs is 1. The Hall–Kier alpha value is -4.74. The Bertz CT molecular complexity index is 1670. The molecule has 0 aliphatic carbocycles. The molecular formula is C32H39N5O7. The number of benzene rings is 2. The SMILES string of the molecule is COc1ccc2c(c1)CCN(C1CCN(C(=O)Cn3cc(-c4cccc(OC)c4OC)c(=O)n(C(C)C)c3=O)CC1)C(=O)N2. The van der Waals surface area contributed by atoms with Crippen molar-refractivity contribution in [2.45, 2.75) is 51.7 Å². The summed E-state index contributed by atoms with van der Waals surface area (Å²) in [6.07, 6.45) is 3.36. The van der Waals surface area contributed by atoms with Crippen molar-refractivity contribution >= 4 is 17.6 Å². The van der Waals surface area contributed by atoms with Gasteiger partial charge >= 0.3 is 11.7 Å². The molecule has 1 fully saturated rings. The van der Waals surface area contributed by atoms with Gasteiger partial charge in [0, 0.05) is 49.2 Å². The molecule has 1 saturated heterocycles. The number of urea groups is 1. The number of likely N-dealkylation sites (tertiary alicyclic amines) is 1. The molecule has 3 amide bonds. The molecule has 5 rings (SSSR count). The number of methoxy groups -OCH3 is 3. The molecular weight excluding hydrogens is 566 g/mol. The van der Waals surface area contributed by atoms with Crippen molar-refractivity contribution in [1.29, 1.82) is 0 Å². The average molecular weight is 606 g/mol. The van der Waals surface area contributed by atoms with E-state index in [-0.39, 0.29) is 30.1 Å². The number of rotatable bonds is 8. The van der Waals surface area contributed by atoms with Crippen LogP contribution in [0, 0.1) is 0 Å². The third kappa shape index (κ3) is 5.88. The van der Waals surface area contributed by atoms with E-state index >= 15 is 0 Å². The minimum atomic E-state index is -0.559. The number of anilines is 1. The summed E-state index contributed by atoms with van der Waals surface area (Å²) in [6, 6.07) is 10.2. The molecule has 0 bridgehead atoms. The van der Waals surface area contributed by atoms with Gasteiger partial charge in [-0.2, -0.15) is 0 Å². The van der Waals surface area contributed by atoms with Crippen LogP contribution < -0.4 is 30.8 Å². The zero-order chi connectivity index (χ0) is 31.5. The van der Waals surface area contributed by atoms with Crippen molar-refractivity contribution in [1.82, 2.24) is 18.9 Å². The van der Waals surface area contributed by atoms with E-state index in [2.05, 4.69) is 5.32 Å².